The molecule has 0 radical (unpaired) electrons. The molecule has 0 amide bonds. The Balaban J connectivity index is 2.58. The van der Waals surface area contributed by atoms with E-state index in [0.717, 1.165) is 17.4 Å². The summed E-state index contributed by atoms with van der Waals surface area (Å²) >= 11 is 0. The predicted molar refractivity (Wildman–Crippen MR) is 95.9 cm³/mol. The molecule has 0 aliphatic heterocycles. The average molecular weight is 356 g/mol. The first-order valence-electron chi connectivity index (χ1n) is 8.28. The second kappa shape index (κ2) is 9.55. The highest BCUT2D eigenvalue weighted by Crippen LogP contribution is 2.30. The normalized spacial score (nSPS) is 12.9. The van der Waals surface area contributed by atoms with Crippen LogP contribution in [0.25, 0.3) is 0 Å². The van der Waals surface area contributed by atoms with Crippen LogP contribution in [-0.2, 0) is 0 Å². The van der Waals surface area contributed by atoms with E-state index in [1.165, 1.54) is 19.2 Å². The Morgan fingerprint density at radius 1 is 1.36 bits per heavy atom. The first kappa shape index (κ1) is 21.1. The molecule has 0 saturated carbocycles. The monoisotopic (exact) mass is 356 g/mol. The fourth-order valence-electron chi connectivity index (χ4n) is 3.06. The number of quaternary nitrogens is 1. The van der Waals surface area contributed by atoms with Crippen LogP contribution in [0.1, 0.15) is 12.8 Å². The number of rotatable bonds is 11. The summed E-state index contributed by atoms with van der Waals surface area (Å²) in [4.78, 5) is 12.5. The summed E-state index contributed by atoms with van der Waals surface area (Å²) in [6.45, 7) is 1.54. The summed E-state index contributed by atoms with van der Waals surface area (Å²) in [6, 6.07) is 4.50. The third kappa shape index (κ3) is 6.15. The predicted octanol–water partition coefficient (Wildman–Crippen LogP) is 1.72. The van der Waals surface area contributed by atoms with Gasteiger partial charge in [-0.2, -0.15) is 0 Å². The van der Waals surface area contributed by atoms with E-state index in [-0.39, 0.29) is 24.2 Å². The van der Waals surface area contributed by atoms with Crippen LogP contribution in [0.2, 0.25) is 0 Å². The number of nitro groups is 1. The van der Waals surface area contributed by atoms with Gasteiger partial charge in [-0.05, 0) is 20.2 Å². The van der Waals surface area contributed by atoms with Crippen molar-refractivity contribution in [2.45, 2.75) is 19.0 Å². The second-order valence-electron chi connectivity index (χ2n) is 6.75. The highest BCUT2D eigenvalue weighted by Gasteiger charge is 2.29. The average Bonchev–Trinajstić information content (AvgIpc) is 2.55. The Labute approximate surface area is 149 Å². The lowest BCUT2D eigenvalue weighted by atomic mass is 10.2. The SMILES string of the molecule is COc1cc(OCCC[N+](C)(C)C(CCO)N(C)C)ccc1[N+](=O)[O-]. The van der Waals surface area contributed by atoms with Crippen molar-refractivity contribution in [3.8, 4) is 11.5 Å². The minimum Gasteiger partial charge on any atom is -0.493 e. The molecule has 1 unspecified atom stereocenters. The molecule has 0 aromatic heterocycles. The van der Waals surface area contributed by atoms with Gasteiger partial charge in [-0.15, -0.1) is 0 Å². The van der Waals surface area contributed by atoms with Crippen LogP contribution in [0.4, 0.5) is 5.69 Å². The number of hydrogen-bond acceptors (Lipinski definition) is 6. The first-order valence-corrected chi connectivity index (χ1v) is 8.28. The summed E-state index contributed by atoms with van der Waals surface area (Å²) in [5, 5.41) is 20.2. The van der Waals surface area contributed by atoms with Gasteiger partial charge in [0.25, 0.3) is 0 Å². The molecule has 1 N–H and O–H groups in total. The number of benzene rings is 1. The summed E-state index contributed by atoms with van der Waals surface area (Å²) in [5.74, 6) is 0.738. The van der Waals surface area contributed by atoms with E-state index in [1.807, 2.05) is 14.1 Å². The van der Waals surface area contributed by atoms with Crippen molar-refractivity contribution in [3.63, 3.8) is 0 Å². The van der Waals surface area contributed by atoms with Gasteiger partial charge in [-0.1, -0.05) is 0 Å². The Morgan fingerprint density at radius 2 is 2.04 bits per heavy atom. The first-order chi connectivity index (χ1) is 11.7. The summed E-state index contributed by atoms with van der Waals surface area (Å²) in [7, 11) is 9.69. The Bertz CT molecular complexity index is 563. The molecule has 142 valence electrons. The Hall–Kier alpha value is -1.90. The molecular formula is C17H30N3O5+. The molecular weight excluding hydrogens is 326 g/mol. The lowest BCUT2D eigenvalue weighted by molar-refractivity contribution is -0.926. The number of hydrogen-bond donors (Lipinski definition) is 1. The van der Waals surface area contributed by atoms with Crippen LogP contribution in [0.5, 0.6) is 11.5 Å². The number of nitrogens with zero attached hydrogens (tertiary/aromatic N) is 3. The molecule has 8 heteroatoms. The van der Waals surface area contributed by atoms with E-state index in [2.05, 4.69) is 19.0 Å². The molecule has 8 nitrogen and oxygen atoms in total. The van der Waals surface area contributed by atoms with Crippen molar-refractivity contribution in [2.75, 3.05) is 55.1 Å². The van der Waals surface area contributed by atoms with E-state index < -0.39 is 4.92 Å². The lowest BCUT2D eigenvalue weighted by Crippen LogP contribution is -2.56. The fourth-order valence-corrected chi connectivity index (χ4v) is 3.06. The Kier molecular flexibility index (Phi) is 8.08. The molecule has 1 aromatic carbocycles. The lowest BCUT2D eigenvalue weighted by Gasteiger charge is -2.41. The van der Waals surface area contributed by atoms with Gasteiger partial charge in [0.15, 0.2) is 0 Å². The van der Waals surface area contributed by atoms with Gasteiger partial charge in [-0.25, -0.2) is 0 Å². The maximum atomic E-state index is 10.9. The molecule has 0 fully saturated rings. The van der Waals surface area contributed by atoms with Crippen molar-refractivity contribution in [2.24, 2.45) is 0 Å². The zero-order valence-corrected chi connectivity index (χ0v) is 15.8. The quantitative estimate of drug-likeness (QED) is 0.214. The zero-order chi connectivity index (χ0) is 19.0. The highest BCUT2D eigenvalue weighted by atomic mass is 16.6. The number of ether oxygens (including phenoxy) is 2. The standard InChI is InChI=1S/C17H30N3O5/c1-18(2)17(9-11-21)20(3,4)10-6-12-25-14-7-8-15(19(22)23)16(13-14)24-5/h7-8,13,17,21H,6,9-12H2,1-5H3/q+1. The number of nitro benzene ring substituents is 1. The van der Waals surface area contributed by atoms with Gasteiger partial charge in [0.2, 0.25) is 5.75 Å². The molecule has 25 heavy (non-hydrogen) atoms. The second-order valence-corrected chi connectivity index (χ2v) is 6.75. The fraction of sp³-hybridized carbons (Fsp3) is 0.647. The van der Waals surface area contributed by atoms with Gasteiger partial charge in [0.05, 0.1) is 45.9 Å². The third-order valence-corrected chi connectivity index (χ3v) is 4.29. The van der Waals surface area contributed by atoms with Crippen molar-refractivity contribution in [1.82, 2.24) is 4.90 Å². The minimum atomic E-state index is -0.481. The number of aliphatic hydroxyl groups is 1. The van der Waals surface area contributed by atoms with Gasteiger partial charge in [0, 0.05) is 25.0 Å². The van der Waals surface area contributed by atoms with Crippen molar-refractivity contribution < 1.29 is 24.0 Å². The van der Waals surface area contributed by atoms with Crippen LogP contribution in [0.3, 0.4) is 0 Å². The molecule has 1 rings (SSSR count). The van der Waals surface area contributed by atoms with Crippen molar-refractivity contribution >= 4 is 5.69 Å². The van der Waals surface area contributed by atoms with Crippen LogP contribution in [-0.4, -0.2) is 80.6 Å². The minimum absolute atomic E-state index is 0.0783. The van der Waals surface area contributed by atoms with E-state index >= 15 is 0 Å². The summed E-state index contributed by atoms with van der Waals surface area (Å²) < 4.78 is 11.5. The maximum Gasteiger partial charge on any atom is 0.311 e. The van der Waals surface area contributed by atoms with Gasteiger partial charge >= 0.3 is 5.69 Å². The molecule has 0 aliphatic carbocycles. The third-order valence-electron chi connectivity index (χ3n) is 4.29. The largest absolute Gasteiger partial charge is 0.493 e. The smallest absolute Gasteiger partial charge is 0.311 e. The van der Waals surface area contributed by atoms with E-state index in [9.17, 15) is 15.2 Å². The summed E-state index contributed by atoms with van der Waals surface area (Å²) in [6.07, 6.45) is 1.76. The molecule has 0 bridgehead atoms. The van der Waals surface area contributed by atoms with Crippen LogP contribution < -0.4 is 9.47 Å². The molecule has 1 atom stereocenters. The summed E-state index contributed by atoms with van der Waals surface area (Å²) in [5.41, 5.74) is -0.0783. The van der Waals surface area contributed by atoms with Gasteiger partial charge in [0.1, 0.15) is 11.9 Å². The van der Waals surface area contributed by atoms with Crippen molar-refractivity contribution in [3.05, 3.63) is 28.3 Å². The maximum absolute atomic E-state index is 10.9. The zero-order valence-electron chi connectivity index (χ0n) is 15.8. The topological polar surface area (TPSA) is 85.1 Å². The number of aliphatic hydroxyl groups excluding tert-OH is 1. The van der Waals surface area contributed by atoms with E-state index in [0.29, 0.717) is 18.8 Å². The molecule has 0 saturated heterocycles. The molecule has 0 spiro atoms. The van der Waals surface area contributed by atoms with Gasteiger partial charge in [-0.3, -0.25) is 15.0 Å². The number of methoxy groups -OCH3 is 1. The molecule has 1 aromatic rings. The van der Waals surface area contributed by atoms with E-state index in [4.69, 9.17) is 9.47 Å². The van der Waals surface area contributed by atoms with Crippen molar-refractivity contribution in [1.29, 1.82) is 0 Å². The molecule has 0 aliphatic rings. The van der Waals surface area contributed by atoms with E-state index in [1.54, 1.807) is 6.07 Å². The van der Waals surface area contributed by atoms with Crippen LogP contribution in [0, 0.1) is 10.1 Å². The highest BCUT2D eigenvalue weighted by molar-refractivity contribution is 5.50. The van der Waals surface area contributed by atoms with Crippen LogP contribution >= 0.6 is 0 Å². The Morgan fingerprint density at radius 3 is 2.56 bits per heavy atom. The van der Waals surface area contributed by atoms with Crippen LogP contribution in [0.15, 0.2) is 18.2 Å². The van der Waals surface area contributed by atoms with Gasteiger partial charge < -0.3 is 19.1 Å². The molecule has 0 heterocycles.